The zero-order valence-corrected chi connectivity index (χ0v) is 9.29. The first kappa shape index (κ1) is 12.0. The Kier molecular flexibility index (Phi) is 3.14. The number of hydrogen-bond donors (Lipinski definition) is 3. The molecule has 0 bridgehead atoms. The highest BCUT2D eigenvalue weighted by molar-refractivity contribution is 5.02. The molecule has 0 unspecified atom stereocenters. The fourth-order valence-electron chi connectivity index (χ4n) is 1.83. The van der Waals surface area contributed by atoms with Crippen molar-refractivity contribution in [3.63, 3.8) is 0 Å². The van der Waals surface area contributed by atoms with Gasteiger partial charge >= 0.3 is 5.69 Å². The van der Waals surface area contributed by atoms with Crippen molar-refractivity contribution in [1.82, 2.24) is 9.55 Å². The van der Waals surface area contributed by atoms with Gasteiger partial charge in [0.05, 0.1) is 13.2 Å². The molecule has 0 aliphatic carbocycles. The van der Waals surface area contributed by atoms with Crippen molar-refractivity contribution in [3.05, 3.63) is 32.6 Å². The van der Waals surface area contributed by atoms with Gasteiger partial charge in [-0.15, -0.1) is 0 Å². The van der Waals surface area contributed by atoms with Gasteiger partial charge in [0.2, 0.25) is 0 Å². The van der Waals surface area contributed by atoms with Gasteiger partial charge in [-0.2, -0.15) is 0 Å². The van der Waals surface area contributed by atoms with E-state index in [0.717, 1.165) is 4.57 Å². The van der Waals surface area contributed by atoms with E-state index in [2.05, 4.69) is 4.98 Å². The topological polar surface area (TPSA) is 105 Å². The quantitative estimate of drug-likeness (QED) is 0.576. The van der Waals surface area contributed by atoms with Crippen molar-refractivity contribution in [2.45, 2.75) is 19.3 Å². The van der Waals surface area contributed by atoms with Crippen molar-refractivity contribution < 1.29 is 14.9 Å². The van der Waals surface area contributed by atoms with Crippen LogP contribution in [-0.2, 0) is 4.74 Å². The average Bonchev–Trinajstić information content (AvgIpc) is 2.65. The number of H-pyrrole nitrogens is 1. The highest BCUT2D eigenvalue weighted by atomic mass is 16.5. The molecule has 7 heteroatoms. The van der Waals surface area contributed by atoms with Crippen LogP contribution >= 0.6 is 0 Å². The molecule has 1 saturated heterocycles. The molecule has 2 heterocycles. The Morgan fingerprint density at radius 2 is 2.29 bits per heavy atom. The Hall–Kier alpha value is -1.44. The first-order valence-corrected chi connectivity index (χ1v) is 5.27. The predicted molar refractivity (Wildman–Crippen MR) is 57.6 cm³/mol. The van der Waals surface area contributed by atoms with Crippen LogP contribution in [0, 0.1) is 12.8 Å². The largest absolute Gasteiger partial charge is 0.396 e. The molecule has 7 nitrogen and oxygen atoms in total. The van der Waals surface area contributed by atoms with Crippen molar-refractivity contribution in [2.24, 2.45) is 5.92 Å². The summed E-state index contributed by atoms with van der Waals surface area (Å²) < 4.78 is 6.40. The minimum Gasteiger partial charge on any atom is -0.396 e. The monoisotopic (exact) mass is 242 g/mol. The van der Waals surface area contributed by atoms with E-state index in [-0.39, 0.29) is 13.2 Å². The second-order valence-electron chi connectivity index (χ2n) is 4.14. The zero-order chi connectivity index (χ0) is 12.6. The van der Waals surface area contributed by atoms with Crippen LogP contribution < -0.4 is 11.2 Å². The first-order valence-electron chi connectivity index (χ1n) is 5.27. The maximum Gasteiger partial charge on any atom is 0.330 e. The van der Waals surface area contributed by atoms with Crippen molar-refractivity contribution in [1.29, 1.82) is 0 Å². The van der Waals surface area contributed by atoms with Crippen LogP contribution in [0.5, 0.6) is 0 Å². The standard InChI is InChI=1S/C10H14N2O5/c1-5-2-12(10(16)11-8(5)15)9-7(14)6(3-13)4-17-9/h2,6-7,9,13-14H,3-4H2,1H3,(H,11,15,16)/t6-,7-,9+/m0/s1. The summed E-state index contributed by atoms with van der Waals surface area (Å²) in [6.45, 7) is 1.52. The smallest absolute Gasteiger partial charge is 0.330 e. The lowest BCUT2D eigenvalue weighted by atomic mass is 10.1. The van der Waals surface area contributed by atoms with Gasteiger partial charge in [-0.3, -0.25) is 14.3 Å². The van der Waals surface area contributed by atoms with E-state index in [1.807, 2.05) is 0 Å². The third kappa shape index (κ3) is 2.04. The van der Waals surface area contributed by atoms with Crippen LogP contribution in [0.25, 0.3) is 0 Å². The number of ether oxygens (including phenoxy) is 1. The number of aliphatic hydroxyl groups excluding tert-OH is 2. The third-order valence-corrected chi connectivity index (χ3v) is 2.91. The molecule has 2 rings (SSSR count). The predicted octanol–water partition coefficient (Wildman–Crippen LogP) is -1.66. The van der Waals surface area contributed by atoms with Gasteiger partial charge in [0, 0.05) is 17.7 Å². The summed E-state index contributed by atoms with van der Waals surface area (Å²) in [6, 6.07) is 0. The number of rotatable bonds is 2. The third-order valence-electron chi connectivity index (χ3n) is 2.91. The number of hydrogen-bond acceptors (Lipinski definition) is 5. The molecular weight excluding hydrogens is 228 g/mol. The minimum atomic E-state index is -0.969. The lowest BCUT2D eigenvalue weighted by Gasteiger charge is -2.18. The summed E-state index contributed by atoms with van der Waals surface area (Å²) in [5.74, 6) is -0.417. The lowest BCUT2D eigenvalue weighted by Crippen LogP contribution is -2.37. The maximum absolute atomic E-state index is 11.6. The second-order valence-corrected chi connectivity index (χ2v) is 4.14. The molecule has 0 saturated carbocycles. The summed E-state index contributed by atoms with van der Waals surface area (Å²) in [6.07, 6.45) is -0.493. The number of aliphatic hydroxyl groups is 2. The van der Waals surface area contributed by atoms with Crippen LogP contribution in [-0.4, -0.2) is 39.1 Å². The molecule has 1 aliphatic rings. The summed E-state index contributed by atoms with van der Waals surface area (Å²) in [5.41, 5.74) is -0.742. The van der Waals surface area contributed by atoms with Gasteiger partial charge in [0.1, 0.15) is 6.10 Å². The summed E-state index contributed by atoms with van der Waals surface area (Å²) in [5, 5.41) is 18.8. The fourth-order valence-corrected chi connectivity index (χ4v) is 1.83. The normalized spacial score (nSPS) is 28.5. The number of nitrogens with zero attached hydrogens (tertiary/aromatic N) is 1. The van der Waals surface area contributed by atoms with Crippen LogP contribution in [0.2, 0.25) is 0 Å². The van der Waals surface area contributed by atoms with Crippen LogP contribution in [0.1, 0.15) is 11.8 Å². The molecule has 0 amide bonds. The first-order chi connectivity index (χ1) is 8.04. The average molecular weight is 242 g/mol. The van der Waals surface area contributed by atoms with Gasteiger partial charge in [0.15, 0.2) is 6.23 Å². The summed E-state index contributed by atoms with van der Waals surface area (Å²) in [4.78, 5) is 24.9. The van der Waals surface area contributed by atoms with Crippen LogP contribution in [0.3, 0.4) is 0 Å². The molecule has 0 aromatic carbocycles. The Labute approximate surface area is 96.3 Å². The van der Waals surface area contributed by atoms with E-state index in [9.17, 15) is 14.7 Å². The molecule has 0 radical (unpaired) electrons. The molecule has 1 aliphatic heterocycles. The Morgan fingerprint density at radius 3 is 2.88 bits per heavy atom. The van der Waals surface area contributed by atoms with Gasteiger partial charge in [-0.05, 0) is 6.92 Å². The highest BCUT2D eigenvalue weighted by Gasteiger charge is 2.37. The molecule has 1 fully saturated rings. The van der Waals surface area contributed by atoms with Gasteiger partial charge in [0.25, 0.3) is 5.56 Å². The van der Waals surface area contributed by atoms with E-state index >= 15 is 0 Å². The lowest BCUT2D eigenvalue weighted by molar-refractivity contribution is -0.0163. The fraction of sp³-hybridized carbons (Fsp3) is 0.600. The van der Waals surface area contributed by atoms with Crippen molar-refractivity contribution in [2.75, 3.05) is 13.2 Å². The van der Waals surface area contributed by atoms with E-state index < -0.39 is 29.5 Å². The van der Waals surface area contributed by atoms with E-state index in [1.165, 1.54) is 6.20 Å². The SMILES string of the molecule is Cc1cn([C@@H]2OC[C@H](CO)[C@@H]2O)c(=O)[nH]c1=O. The Balaban J connectivity index is 2.39. The second kappa shape index (κ2) is 4.44. The van der Waals surface area contributed by atoms with E-state index in [4.69, 9.17) is 9.84 Å². The number of aryl methyl sites for hydroxylation is 1. The van der Waals surface area contributed by atoms with Crippen molar-refractivity contribution in [3.8, 4) is 0 Å². The number of nitrogens with one attached hydrogen (secondary N) is 1. The van der Waals surface area contributed by atoms with Crippen molar-refractivity contribution >= 4 is 0 Å². The van der Waals surface area contributed by atoms with E-state index in [0.29, 0.717) is 5.56 Å². The molecule has 1 aromatic rings. The van der Waals surface area contributed by atoms with E-state index in [1.54, 1.807) is 6.92 Å². The van der Waals surface area contributed by atoms with Gasteiger partial charge in [-0.1, -0.05) is 0 Å². The molecule has 94 valence electrons. The van der Waals surface area contributed by atoms with Gasteiger partial charge < -0.3 is 14.9 Å². The molecule has 3 atom stereocenters. The number of aromatic nitrogens is 2. The molecule has 1 aromatic heterocycles. The van der Waals surface area contributed by atoms with Crippen LogP contribution in [0.4, 0.5) is 0 Å². The maximum atomic E-state index is 11.6. The summed E-state index contributed by atoms with van der Waals surface area (Å²) >= 11 is 0. The Bertz CT molecular complexity index is 520. The highest BCUT2D eigenvalue weighted by Crippen LogP contribution is 2.26. The number of aromatic amines is 1. The minimum absolute atomic E-state index is 0.174. The molecule has 0 spiro atoms. The van der Waals surface area contributed by atoms with Gasteiger partial charge in [-0.25, -0.2) is 4.79 Å². The molecular formula is C10H14N2O5. The Morgan fingerprint density at radius 1 is 1.59 bits per heavy atom. The zero-order valence-electron chi connectivity index (χ0n) is 9.29. The molecule has 17 heavy (non-hydrogen) atoms. The summed E-state index contributed by atoms with van der Waals surface area (Å²) in [7, 11) is 0. The molecule has 3 N–H and O–H groups in total. The van der Waals surface area contributed by atoms with Crippen LogP contribution in [0.15, 0.2) is 15.8 Å².